The Bertz CT molecular complexity index is 1300. The van der Waals surface area contributed by atoms with Gasteiger partial charge in [-0.05, 0) is 19.1 Å². The minimum Gasteiger partial charge on any atom is -0.504 e. The summed E-state index contributed by atoms with van der Waals surface area (Å²) in [6, 6.07) is 4.04. The highest BCUT2D eigenvalue weighted by Gasteiger charge is 2.53. The number of fused-ring (bicyclic) bond motifs is 1. The molecule has 5 atom stereocenters. The van der Waals surface area contributed by atoms with Crippen LogP contribution < -0.4 is 15.1 Å². The highest BCUT2D eigenvalue weighted by atomic mass is 16.7. The van der Waals surface area contributed by atoms with Crippen molar-refractivity contribution in [3.63, 3.8) is 0 Å². The van der Waals surface area contributed by atoms with E-state index in [0.717, 1.165) is 27.7 Å². The van der Waals surface area contributed by atoms with Crippen LogP contribution in [0.25, 0.3) is 11.0 Å². The van der Waals surface area contributed by atoms with Gasteiger partial charge in [0.15, 0.2) is 18.0 Å². The van der Waals surface area contributed by atoms with E-state index in [2.05, 4.69) is 0 Å². The predicted molar refractivity (Wildman–Crippen MR) is 128 cm³/mol. The summed E-state index contributed by atoms with van der Waals surface area (Å²) in [5, 5.41) is 10.6. The Balaban J connectivity index is 2.03. The van der Waals surface area contributed by atoms with Gasteiger partial charge in [0, 0.05) is 33.8 Å². The van der Waals surface area contributed by atoms with Gasteiger partial charge >= 0.3 is 29.5 Å². The van der Waals surface area contributed by atoms with Gasteiger partial charge in [-0.25, -0.2) is 4.79 Å². The van der Waals surface area contributed by atoms with E-state index in [1.54, 1.807) is 6.92 Å². The van der Waals surface area contributed by atoms with Crippen molar-refractivity contribution in [2.75, 3.05) is 13.2 Å². The number of hydrogen-bond donors (Lipinski definition) is 1. The van der Waals surface area contributed by atoms with Crippen LogP contribution in [0.15, 0.2) is 27.4 Å². The van der Waals surface area contributed by atoms with Crippen molar-refractivity contribution in [2.45, 2.75) is 65.3 Å². The van der Waals surface area contributed by atoms with Crippen molar-refractivity contribution in [3.8, 4) is 17.2 Å². The Morgan fingerprint density at radius 1 is 0.897 bits per heavy atom. The zero-order chi connectivity index (χ0) is 28.9. The summed E-state index contributed by atoms with van der Waals surface area (Å²) in [7, 11) is 0. The molecule has 212 valence electrons. The Labute approximate surface area is 221 Å². The molecule has 39 heavy (non-hydrogen) atoms. The molecular formula is C25H28O14. The summed E-state index contributed by atoms with van der Waals surface area (Å²) in [6.45, 7) is 5.76. The fraction of sp³-hybridized carbons (Fsp3) is 0.480. The van der Waals surface area contributed by atoms with Crippen LogP contribution in [0.2, 0.25) is 0 Å². The molecule has 0 aliphatic carbocycles. The number of ether oxygens (including phenoxy) is 7. The van der Waals surface area contributed by atoms with Gasteiger partial charge in [-0.15, -0.1) is 0 Å². The van der Waals surface area contributed by atoms with E-state index in [1.807, 2.05) is 0 Å². The third-order valence-corrected chi connectivity index (χ3v) is 5.30. The molecule has 0 spiro atoms. The molecule has 1 aromatic heterocycles. The fourth-order valence-electron chi connectivity index (χ4n) is 3.91. The first-order valence-corrected chi connectivity index (χ1v) is 11.8. The van der Waals surface area contributed by atoms with Gasteiger partial charge < -0.3 is 42.7 Å². The Kier molecular flexibility index (Phi) is 9.35. The normalized spacial score (nSPS) is 22.4. The maximum Gasteiger partial charge on any atom is 0.383 e. The van der Waals surface area contributed by atoms with Gasteiger partial charge in [-0.3, -0.25) is 19.2 Å². The maximum absolute atomic E-state index is 12.3. The zero-order valence-electron chi connectivity index (χ0n) is 21.8. The molecule has 14 nitrogen and oxygen atoms in total. The molecule has 2 aromatic rings. The number of carbonyl (C=O) groups is 4. The standard InChI is InChI=1S/C25H28O14/c1-6-32-21-19(30)16-8-7-15(9-17(16)38-24(21)31)37-25-23(36-14(5)29)22(35-13(4)28)20(34-12(3)27)18(39-25)10-33-11(2)26/h7-9,18,20,22-23,25,30H,6,10H2,1-5H3/t18-,20-,22+,23-,25-/m1/s1. The maximum atomic E-state index is 12.3. The van der Waals surface area contributed by atoms with E-state index < -0.39 is 72.6 Å². The van der Waals surface area contributed by atoms with Gasteiger partial charge in [-0.1, -0.05) is 0 Å². The molecular weight excluding hydrogens is 524 g/mol. The van der Waals surface area contributed by atoms with Crippen LogP contribution in [0, 0.1) is 0 Å². The van der Waals surface area contributed by atoms with E-state index in [0.29, 0.717) is 0 Å². The quantitative estimate of drug-likeness (QED) is 0.267. The SMILES string of the molecule is CCOc1c(O)c2ccc(O[C@@H]3O[C@H](COC(C)=O)[C@@H](OC(C)=O)[C@H](OC(C)=O)[C@H]3OC(C)=O)cc2oc1=O. The summed E-state index contributed by atoms with van der Waals surface area (Å²) in [6.07, 6.45) is -6.94. The van der Waals surface area contributed by atoms with Crippen molar-refractivity contribution in [1.82, 2.24) is 0 Å². The van der Waals surface area contributed by atoms with Crippen molar-refractivity contribution in [2.24, 2.45) is 0 Å². The second-order valence-corrected chi connectivity index (χ2v) is 8.34. The first-order chi connectivity index (χ1) is 18.4. The van der Waals surface area contributed by atoms with Crippen LogP contribution >= 0.6 is 0 Å². The minimum atomic E-state index is -1.49. The van der Waals surface area contributed by atoms with E-state index >= 15 is 0 Å². The molecule has 1 aliphatic rings. The second-order valence-electron chi connectivity index (χ2n) is 8.34. The number of rotatable bonds is 9. The first kappa shape index (κ1) is 29.2. The van der Waals surface area contributed by atoms with Crippen molar-refractivity contribution in [3.05, 3.63) is 28.6 Å². The smallest absolute Gasteiger partial charge is 0.383 e. The van der Waals surface area contributed by atoms with Gasteiger partial charge in [0.25, 0.3) is 0 Å². The molecule has 1 aliphatic heterocycles. The minimum absolute atomic E-state index is 0.0232. The number of benzene rings is 1. The summed E-state index contributed by atoms with van der Waals surface area (Å²) >= 11 is 0. The molecule has 3 rings (SSSR count). The molecule has 1 N–H and O–H groups in total. The van der Waals surface area contributed by atoms with Crippen LogP contribution in [0.5, 0.6) is 17.2 Å². The number of esters is 4. The lowest BCUT2D eigenvalue weighted by Gasteiger charge is -2.43. The average molecular weight is 552 g/mol. The van der Waals surface area contributed by atoms with Crippen LogP contribution in [0.4, 0.5) is 0 Å². The monoisotopic (exact) mass is 552 g/mol. The molecule has 0 saturated carbocycles. The number of hydrogen-bond acceptors (Lipinski definition) is 14. The van der Waals surface area contributed by atoms with Gasteiger partial charge in [0.1, 0.15) is 24.0 Å². The molecule has 0 bridgehead atoms. The molecule has 0 amide bonds. The van der Waals surface area contributed by atoms with E-state index in [-0.39, 0.29) is 29.1 Å². The second kappa shape index (κ2) is 12.5. The Morgan fingerprint density at radius 3 is 2.10 bits per heavy atom. The summed E-state index contributed by atoms with van der Waals surface area (Å²) in [4.78, 5) is 59.5. The lowest BCUT2D eigenvalue weighted by atomic mass is 9.98. The third-order valence-electron chi connectivity index (χ3n) is 5.30. The van der Waals surface area contributed by atoms with Crippen LogP contribution in [-0.2, 0) is 42.9 Å². The largest absolute Gasteiger partial charge is 0.504 e. The molecule has 0 unspecified atom stereocenters. The van der Waals surface area contributed by atoms with Gasteiger partial charge in [0.2, 0.25) is 18.1 Å². The predicted octanol–water partition coefficient (Wildman–Crippen LogP) is 1.36. The number of aromatic hydroxyl groups is 1. The summed E-state index contributed by atoms with van der Waals surface area (Å²) in [5.74, 6) is -3.79. The Morgan fingerprint density at radius 2 is 1.51 bits per heavy atom. The molecule has 14 heteroatoms. The van der Waals surface area contributed by atoms with E-state index in [1.165, 1.54) is 18.2 Å². The molecule has 0 radical (unpaired) electrons. The third kappa shape index (κ3) is 7.16. The topological polar surface area (TPSA) is 183 Å². The summed E-state index contributed by atoms with van der Waals surface area (Å²) in [5.41, 5.74) is -0.990. The van der Waals surface area contributed by atoms with E-state index in [9.17, 15) is 29.1 Å². The van der Waals surface area contributed by atoms with Crippen LogP contribution in [-0.4, -0.2) is 72.9 Å². The van der Waals surface area contributed by atoms with E-state index in [4.69, 9.17) is 37.6 Å². The average Bonchev–Trinajstić information content (AvgIpc) is 2.83. The Hall–Kier alpha value is -4.33. The highest BCUT2D eigenvalue weighted by Crippen LogP contribution is 2.35. The van der Waals surface area contributed by atoms with Crippen LogP contribution in [0.3, 0.4) is 0 Å². The molecule has 1 saturated heterocycles. The van der Waals surface area contributed by atoms with Gasteiger partial charge in [-0.2, -0.15) is 0 Å². The van der Waals surface area contributed by atoms with Crippen molar-refractivity contribution in [1.29, 1.82) is 0 Å². The van der Waals surface area contributed by atoms with Crippen molar-refractivity contribution >= 4 is 34.8 Å². The zero-order valence-corrected chi connectivity index (χ0v) is 21.8. The first-order valence-electron chi connectivity index (χ1n) is 11.8. The lowest BCUT2D eigenvalue weighted by molar-refractivity contribution is -0.288. The van der Waals surface area contributed by atoms with Gasteiger partial charge in [0.05, 0.1) is 12.0 Å². The van der Waals surface area contributed by atoms with Crippen molar-refractivity contribution < 1.29 is 61.9 Å². The van der Waals surface area contributed by atoms with Crippen LogP contribution in [0.1, 0.15) is 34.6 Å². The number of carbonyl (C=O) groups excluding carboxylic acids is 4. The summed E-state index contributed by atoms with van der Waals surface area (Å²) < 4.78 is 43.2. The molecule has 2 heterocycles. The molecule has 1 fully saturated rings. The highest BCUT2D eigenvalue weighted by molar-refractivity contribution is 5.86. The molecule has 1 aromatic carbocycles. The fourth-order valence-corrected chi connectivity index (χ4v) is 3.91. The lowest BCUT2D eigenvalue weighted by Crippen LogP contribution is -2.63.